The second kappa shape index (κ2) is 11.9. The van der Waals surface area contributed by atoms with Crippen LogP contribution in [0.4, 0.5) is 5.69 Å². The lowest BCUT2D eigenvalue weighted by Gasteiger charge is -2.26. The Morgan fingerprint density at radius 1 is 1.00 bits per heavy atom. The summed E-state index contributed by atoms with van der Waals surface area (Å²) in [5.74, 6) is -0.595. The number of benzene rings is 3. The molecule has 0 aromatic heterocycles. The molecule has 3 aromatic rings. The van der Waals surface area contributed by atoms with Gasteiger partial charge in [-0.25, -0.2) is 4.79 Å². The fourth-order valence-corrected chi connectivity index (χ4v) is 4.49. The highest BCUT2D eigenvalue weighted by Gasteiger charge is 2.14. The minimum absolute atomic E-state index is 0.0686. The number of morpholine rings is 1. The number of aryl methyl sites for hydroxylation is 1. The topological polar surface area (TPSA) is 88.1 Å². The minimum Gasteiger partial charge on any atom is -0.492 e. The van der Waals surface area contributed by atoms with Gasteiger partial charge < -0.3 is 19.9 Å². The molecule has 0 aliphatic carbocycles. The molecule has 1 heterocycles. The molecule has 1 aliphatic heterocycles. The zero-order chi connectivity index (χ0) is 24.6. The molecule has 1 fully saturated rings. The maximum Gasteiger partial charge on any atom is 0.337 e. The molecule has 0 saturated carbocycles. The Morgan fingerprint density at radius 3 is 2.31 bits per heavy atom. The summed E-state index contributed by atoms with van der Waals surface area (Å²) < 4.78 is 11.2. The van der Waals surface area contributed by atoms with Crippen LogP contribution in [0.3, 0.4) is 0 Å². The van der Waals surface area contributed by atoms with Crippen molar-refractivity contribution in [1.29, 1.82) is 0 Å². The first-order chi connectivity index (χ1) is 17.0. The Kier molecular flexibility index (Phi) is 8.41. The van der Waals surface area contributed by atoms with Crippen molar-refractivity contribution in [3.8, 4) is 5.75 Å². The first-order valence-electron chi connectivity index (χ1n) is 11.4. The molecule has 35 heavy (non-hydrogen) atoms. The normalized spacial score (nSPS) is 13.9. The highest BCUT2D eigenvalue weighted by molar-refractivity contribution is 7.99. The number of rotatable bonds is 9. The summed E-state index contributed by atoms with van der Waals surface area (Å²) in [6.07, 6.45) is 0. The Hall–Kier alpha value is -3.33. The van der Waals surface area contributed by atoms with Crippen molar-refractivity contribution in [3.63, 3.8) is 0 Å². The fraction of sp³-hybridized carbons (Fsp3) is 0.259. The number of ether oxygens (including phenoxy) is 2. The summed E-state index contributed by atoms with van der Waals surface area (Å²) in [7, 11) is 0. The van der Waals surface area contributed by atoms with E-state index in [9.17, 15) is 14.7 Å². The molecule has 1 saturated heterocycles. The number of carbonyl (C=O) groups is 2. The van der Waals surface area contributed by atoms with Crippen LogP contribution >= 0.6 is 11.8 Å². The molecular formula is C27H28N2O5S. The second-order valence-corrected chi connectivity index (χ2v) is 9.36. The SMILES string of the molecule is Cc1ccc(NC(=O)c2ccc(Sc3ccc(OCCN4CCOCC4)cc3)cc2)c(C(=O)O)c1. The van der Waals surface area contributed by atoms with Crippen LogP contribution in [0.15, 0.2) is 76.5 Å². The molecule has 8 heteroatoms. The fourth-order valence-electron chi connectivity index (χ4n) is 3.67. The van der Waals surface area contributed by atoms with Gasteiger partial charge in [0.25, 0.3) is 5.91 Å². The lowest BCUT2D eigenvalue weighted by Crippen LogP contribution is -2.38. The number of hydrogen-bond acceptors (Lipinski definition) is 6. The summed E-state index contributed by atoms with van der Waals surface area (Å²) in [6.45, 7) is 6.82. The van der Waals surface area contributed by atoms with Gasteiger partial charge in [-0.15, -0.1) is 0 Å². The first kappa shape index (κ1) is 24.8. The molecule has 4 rings (SSSR count). The average molecular weight is 493 g/mol. The molecule has 1 aliphatic rings. The summed E-state index contributed by atoms with van der Waals surface area (Å²) in [5.41, 5.74) is 1.61. The van der Waals surface area contributed by atoms with Gasteiger partial charge >= 0.3 is 5.97 Å². The quantitative estimate of drug-likeness (QED) is 0.443. The van der Waals surface area contributed by atoms with E-state index < -0.39 is 5.97 Å². The molecule has 0 spiro atoms. The molecule has 7 nitrogen and oxygen atoms in total. The van der Waals surface area contributed by atoms with Gasteiger partial charge in [-0.3, -0.25) is 9.69 Å². The zero-order valence-corrected chi connectivity index (χ0v) is 20.3. The Bertz CT molecular complexity index is 1160. The molecule has 0 bridgehead atoms. The average Bonchev–Trinajstić information content (AvgIpc) is 2.87. The van der Waals surface area contributed by atoms with Gasteiger partial charge in [-0.1, -0.05) is 23.4 Å². The maximum atomic E-state index is 12.6. The van der Waals surface area contributed by atoms with Crippen LogP contribution in [0.2, 0.25) is 0 Å². The first-order valence-corrected chi connectivity index (χ1v) is 12.3. The number of aromatic carboxylic acids is 1. The number of anilines is 1. The van der Waals surface area contributed by atoms with Gasteiger partial charge in [-0.2, -0.15) is 0 Å². The third-order valence-corrected chi connectivity index (χ3v) is 6.63. The van der Waals surface area contributed by atoms with Gasteiger partial charge in [-0.05, 0) is 67.6 Å². The van der Waals surface area contributed by atoms with Crippen molar-refractivity contribution in [1.82, 2.24) is 4.90 Å². The molecule has 0 radical (unpaired) electrons. The van der Waals surface area contributed by atoms with Crippen LogP contribution in [0.1, 0.15) is 26.3 Å². The number of carboxylic acids is 1. The largest absolute Gasteiger partial charge is 0.492 e. The number of carboxylic acid groups (broad SMARTS) is 1. The van der Waals surface area contributed by atoms with Gasteiger partial charge in [0.2, 0.25) is 0 Å². The van der Waals surface area contributed by atoms with E-state index in [-0.39, 0.29) is 17.2 Å². The van der Waals surface area contributed by atoms with Gasteiger partial charge in [0.15, 0.2) is 0 Å². The van der Waals surface area contributed by atoms with Crippen LogP contribution in [-0.2, 0) is 4.74 Å². The Labute approximate surface area is 209 Å². The maximum absolute atomic E-state index is 12.6. The molecule has 0 atom stereocenters. The predicted molar refractivity (Wildman–Crippen MR) is 136 cm³/mol. The van der Waals surface area contributed by atoms with Crippen molar-refractivity contribution in [2.24, 2.45) is 0 Å². The number of amides is 1. The van der Waals surface area contributed by atoms with Crippen LogP contribution in [0, 0.1) is 6.92 Å². The Morgan fingerprint density at radius 2 is 1.66 bits per heavy atom. The summed E-state index contributed by atoms with van der Waals surface area (Å²) in [5, 5.41) is 12.1. The van der Waals surface area contributed by atoms with E-state index in [1.807, 2.05) is 43.3 Å². The van der Waals surface area contributed by atoms with Crippen LogP contribution in [-0.4, -0.2) is 61.3 Å². The lowest BCUT2D eigenvalue weighted by molar-refractivity contribution is 0.0322. The molecule has 1 amide bonds. The van der Waals surface area contributed by atoms with E-state index >= 15 is 0 Å². The number of carbonyl (C=O) groups excluding carboxylic acids is 1. The third kappa shape index (κ3) is 7.08. The van der Waals surface area contributed by atoms with Crippen molar-refractivity contribution in [2.45, 2.75) is 16.7 Å². The number of hydrogen-bond donors (Lipinski definition) is 2. The van der Waals surface area contributed by atoms with Crippen molar-refractivity contribution < 1.29 is 24.2 Å². The van der Waals surface area contributed by atoms with Gasteiger partial charge in [0, 0.05) is 35.0 Å². The van der Waals surface area contributed by atoms with Gasteiger partial charge in [0.05, 0.1) is 24.5 Å². The molecule has 0 unspecified atom stereocenters. The number of nitrogens with zero attached hydrogens (tertiary/aromatic N) is 1. The van der Waals surface area contributed by atoms with Crippen LogP contribution in [0.5, 0.6) is 5.75 Å². The van der Waals surface area contributed by atoms with Crippen molar-refractivity contribution in [3.05, 3.63) is 83.4 Å². The van der Waals surface area contributed by atoms with E-state index in [4.69, 9.17) is 9.47 Å². The number of nitrogens with one attached hydrogen (secondary N) is 1. The van der Waals surface area contributed by atoms with Gasteiger partial charge in [0.1, 0.15) is 12.4 Å². The highest BCUT2D eigenvalue weighted by atomic mass is 32.2. The highest BCUT2D eigenvalue weighted by Crippen LogP contribution is 2.29. The Balaban J connectivity index is 1.29. The summed E-state index contributed by atoms with van der Waals surface area (Å²) in [4.78, 5) is 28.5. The van der Waals surface area contributed by atoms with Crippen molar-refractivity contribution in [2.75, 3.05) is 44.8 Å². The van der Waals surface area contributed by atoms with Crippen LogP contribution < -0.4 is 10.1 Å². The van der Waals surface area contributed by atoms with Crippen LogP contribution in [0.25, 0.3) is 0 Å². The molecule has 2 N–H and O–H groups in total. The molecular weight excluding hydrogens is 464 g/mol. The minimum atomic E-state index is -1.08. The molecule has 182 valence electrons. The summed E-state index contributed by atoms with van der Waals surface area (Å²) in [6, 6.07) is 20.1. The zero-order valence-electron chi connectivity index (χ0n) is 19.5. The monoisotopic (exact) mass is 492 g/mol. The predicted octanol–water partition coefficient (Wildman–Crippen LogP) is 4.81. The van der Waals surface area contributed by atoms with Crippen molar-refractivity contribution >= 4 is 29.3 Å². The lowest BCUT2D eigenvalue weighted by atomic mass is 10.1. The van der Waals surface area contributed by atoms with E-state index in [2.05, 4.69) is 10.2 Å². The standard InChI is InChI=1S/C27H28N2O5S/c1-19-2-11-25(24(18-19)27(31)32)28-26(30)20-3-7-22(8-4-20)35-23-9-5-21(6-10-23)34-17-14-29-12-15-33-16-13-29/h2-11,18H,12-17H2,1H3,(H,28,30)(H,31,32). The molecule has 3 aromatic carbocycles. The third-order valence-electron chi connectivity index (χ3n) is 5.61. The van der Waals surface area contributed by atoms with E-state index in [1.54, 1.807) is 36.0 Å². The summed E-state index contributed by atoms with van der Waals surface area (Å²) >= 11 is 1.59. The van der Waals surface area contributed by atoms with E-state index in [0.29, 0.717) is 12.2 Å². The van der Waals surface area contributed by atoms with E-state index in [0.717, 1.165) is 54.0 Å². The second-order valence-electron chi connectivity index (χ2n) is 8.21. The smallest absolute Gasteiger partial charge is 0.337 e. The van der Waals surface area contributed by atoms with E-state index in [1.165, 1.54) is 6.07 Å².